The second kappa shape index (κ2) is 8.46. The fourth-order valence-corrected chi connectivity index (χ4v) is 4.78. The Balaban J connectivity index is 1.63. The Morgan fingerprint density at radius 2 is 1.77 bits per heavy atom. The Morgan fingerprint density at radius 3 is 2.47 bits per heavy atom. The molecular formula is C23H18BrClN2O2S. The molecule has 2 aromatic carbocycles. The molecule has 0 saturated carbocycles. The number of imide groups is 1. The first-order valence-electron chi connectivity index (χ1n) is 9.29. The van der Waals surface area contributed by atoms with Gasteiger partial charge < -0.3 is 4.57 Å². The lowest BCUT2D eigenvalue weighted by atomic mass is 10.2. The minimum Gasteiger partial charge on any atom is -0.318 e. The van der Waals surface area contributed by atoms with Crippen LogP contribution >= 0.6 is 39.3 Å². The number of benzene rings is 2. The number of hydrogen-bond donors (Lipinski definition) is 0. The van der Waals surface area contributed by atoms with E-state index in [1.165, 1.54) is 4.90 Å². The molecule has 1 aliphatic rings. The number of hydrogen-bond acceptors (Lipinski definition) is 3. The number of halogens is 2. The fraction of sp³-hybridized carbons (Fsp3) is 0.130. The molecule has 0 N–H and O–H groups in total. The zero-order valence-corrected chi connectivity index (χ0v) is 19.5. The van der Waals surface area contributed by atoms with Crippen molar-refractivity contribution in [1.29, 1.82) is 0 Å². The topological polar surface area (TPSA) is 42.3 Å². The molecule has 0 atom stereocenters. The molecule has 0 aliphatic carbocycles. The van der Waals surface area contributed by atoms with Crippen LogP contribution in [0.2, 0.25) is 5.02 Å². The van der Waals surface area contributed by atoms with Crippen LogP contribution in [0.25, 0.3) is 11.8 Å². The van der Waals surface area contributed by atoms with Crippen molar-refractivity contribution in [3.8, 4) is 5.69 Å². The normalized spacial score (nSPS) is 15.5. The number of carbonyl (C=O) groups excluding carboxylic acids is 2. The molecule has 0 unspecified atom stereocenters. The third-order valence-corrected chi connectivity index (χ3v) is 6.81. The van der Waals surface area contributed by atoms with E-state index in [2.05, 4.69) is 20.5 Å². The van der Waals surface area contributed by atoms with Gasteiger partial charge >= 0.3 is 0 Å². The number of aryl methyl sites for hydroxylation is 1. The zero-order valence-electron chi connectivity index (χ0n) is 16.4. The quantitative estimate of drug-likeness (QED) is 0.372. The monoisotopic (exact) mass is 500 g/mol. The molecular weight excluding hydrogens is 484 g/mol. The molecule has 1 aromatic heterocycles. The molecule has 7 heteroatoms. The Morgan fingerprint density at radius 1 is 1.07 bits per heavy atom. The van der Waals surface area contributed by atoms with Crippen LogP contribution in [-0.2, 0) is 11.3 Å². The predicted molar refractivity (Wildman–Crippen MR) is 126 cm³/mol. The van der Waals surface area contributed by atoms with Crippen molar-refractivity contribution in [3.63, 3.8) is 0 Å². The summed E-state index contributed by atoms with van der Waals surface area (Å²) in [6.45, 7) is 4.20. The summed E-state index contributed by atoms with van der Waals surface area (Å²) in [6, 6.07) is 17.3. The molecule has 2 amide bonds. The van der Waals surface area contributed by atoms with Gasteiger partial charge in [0.15, 0.2) is 0 Å². The van der Waals surface area contributed by atoms with E-state index < -0.39 is 0 Å². The standard InChI is InChI=1S/C23H18BrClN2O2S/c1-14-11-17(15(2)27(14)19-9-7-18(24)8-10-19)12-21-22(28)26(23(29)30-21)13-16-5-3-4-6-20(16)25/h3-12H,13H2,1-2H3/b21-12-. The number of thioether (sulfide) groups is 1. The second-order valence-corrected chi connectivity index (χ2v) is 9.31. The van der Waals surface area contributed by atoms with E-state index in [-0.39, 0.29) is 17.7 Å². The Bertz CT molecular complexity index is 1180. The number of rotatable bonds is 4. The lowest BCUT2D eigenvalue weighted by Crippen LogP contribution is -2.27. The molecule has 0 spiro atoms. The maximum absolute atomic E-state index is 12.9. The van der Waals surface area contributed by atoms with Crippen molar-refractivity contribution >= 4 is 56.5 Å². The van der Waals surface area contributed by atoms with Gasteiger partial charge in [-0.05, 0) is 79.2 Å². The Hall–Kier alpha value is -2.28. The molecule has 0 bridgehead atoms. The minimum atomic E-state index is -0.293. The van der Waals surface area contributed by atoms with Gasteiger partial charge in [-0.1, -0.05) is 45.7 Å². The molecule has 4 rings (SSSR count). The first-order valence-corrected chi connectivity index (χ1v) is 11.3. The van der Waals surface area contributed by atoms with Crippen molar-refractivity contribution in [2.45, 2.75) is 20.4 Å². The van der Waals surface area contributed by atoms with Gasteiger partial charge in [-0.15, -0.1) is 0 Å². The van der Waals surface area contributed by atoms with Gasteiger partial charge in [0.25, 0.3) is 11.1 Å². The highest BCUT2D eigenvalue weighted by molar-refractivity contribution is 9.10. The van der Waals surface area contributed by atoms with Gasteiger partial charge in [0.2, 0.25) is 0 Å². The van der Waals surface area contributed by atoms with Crippen molar-refractivity contribution < 1.29 is 9.59 Å². The van der Waals surface area contributed by atoms with Gasteiger partial charge in [-0.2, -0.15) is 0 Å². The van der Waals surface area contributed by atoms with Crippen molar-refractivity contribution in [2.24, 2.45) is 0 Å². The maximum Gasteiger partial charge on any atom is 0.293 e. The van der Waals surface area contributed by atoms with Crippen LogP contribution in [0.4, 0.5) is 4.79 Å². The third-order valence-electron chi connectivity index (χ3n) is 5.00. The summed E-state index contributed by atoms with van der Waals surface area (Å²) in [5, 5.41) is 0.256. The summed E-state index contributed by atoms with van der Waals surface area (Å²) in [6.07, 6.45) is 1.80. The van der Waals surface area contributed by atoms with Crippen LogP contribution in [-0.4, -0.2) is 20.6 Å². The molecule has 2 heterocycles. The van der Waals surface area contributed by atoms with Crippen LogP contribution in [0.3, 0.4) is 0 Å². The van der Waals surface area contributed by atoms with E-state index in [9.17, 15) is 9.59 Å². The highest BCUT2D eigenvalue weighted by Crippen LogP contribution is 2.35. The van der Waals surface area contributed by atoms with E-state index in [1.54, 1.807) is 12.1 Å². The Kier molecular flexibility index (Phi) is 5.91. The van der Waals surface area contributed by atoms with E-state index in [4.69, 9.17) is 11.6 Å². The molecule has 30 heavy (non-hydrogen) atoms. The molecule has 3 aromatic rings. The van der Waals surface area contributed by atoms with E-state index in [0.717, 1.165) is 44.4 Å². The van der Waals surface area contributed by atoms with Crippen LogP contribution in [0, 0.1) is 13.8 Å². The SMILES string of the molecule is Cc1cc(/C=C2\SC(=O)N(Cc3ccccc3Cl)C2=O)c(C)n1-c1ccc(Br)cc1. The van der Waals surface area contributed by atoms with Crippen LogP contribution < -0.4 is 0 Å². The van der Waals surface area contributed by atoms with Crippen LogP contribution in [0.1, 0.15) is 22.5 Å². The highest BCUT2D eigenvalue weighted by atomic mass is 79.9. The largest absolute Gasteiger partial charge is 0.318 e. The van der Waals surface area contributed by atoms with E-state index in [1.807, 2.05) is 62.4 Å². The second-order valence-electron chi connectivity index (χ2n) is 7.00. The molecule has 1 fully saturated rings. The minimum absolute atomic E-state index is 0.166. The summed E-state index contributed by atoms with van der Waals surface area (Å²) in [7, 11) is 0. The van der Waals surface area contributed by atoms with Gasteiger partial charge in [-0.3, -0.25) is 14.5 Å². The molecule has 1 aliphatic heterocycles. The Labute approximate surface area is 192 Å². The number of carbonyl (C=O) groups is 2. The van der Waals surface area contributed by atoms with E-state index in [0.29, 0.717) is 9.93 Å². The average Bonchev–Trinajstić information content (AvgIpc) is 3.14. The first-order chi connectivity index (χ1) is 14.3. The number of amides is 2. The van der Waals surface area contributed by atoms with Gasteiger partial charge in [-0.25, -0.2) is 0 Å². The summed E-state index contributed by atoms with van der Waals surface area (Å²) < 4.78 is 3.15. The number of nitrogens with zero attached hydrogens (tertiary/aromatic N) is 2. The molecule has 152 valence electrons. The highest BCUT2D eigenvalue weighted by Gasteiger charge is 2.35. The number of aromatic nitrogens is 1. The van der Waals surface area contributed by atoms with Crippen LogP contribution in [0.15, 0.2) is 64.0 Å². The smallest absolute Gasteiger partial charge is 0.293 e. The lowest BCUT2D eigenvalue weighted by Gasteiger charge is -2.13. The first kappa shape index (κ1) is 21.0. The lowest BCUT2D eigenvalue weighted by molar-refractivity contribution is -0.123. The van der Waals surface area contributed by atoms with Gasteiger partial charge in [0.05, 0.1) is 11.4 Å². The third kappa shape index (κ3) is 4.00. The van der Waals surface area contributed by atoms with Crippen molar-refractivity contribution in [1.82, 2.24) is 9.47 Å². The van der Waals surface area contributed by atoms with Crippen molar-refractivity contribution in [3.05, 3.63) is 91.5 Å². The van der Waals surface area contributed by atoms with E-state index >= 15 is 0 Å². The van der Waals surface area contributed by atoms with Crippen LogP contribution in [0.5, 0.6) is 0 Å². The maximum atomic E-state index is 12.9. The average molecular weight is 502 g/mol. The molecule has 0 radical (unpaired) electrons. The predicted octanol–water partition coefficient (Wildman–Crippen LogP) is 6.75. The summed E-state index contributed by atoms with van der Waals surface area (Å²) in [5.41, 5.74) is 4.76. The molecule has 4 nitrogen and oxygen atoms in total. The van der Waals surface area contributed by atoms with Crippen molar-refractivity contribution in [2.75, 3.05) is 0 Å². The summed E-state index contributed by atoms with van der Waals surface area (Å²) >= 11 is 10.6. The van der Waals surface area contributed by atoms with Gasteiger partial charge in [0, 0.05) is 26.6 Å². The molecule has 1 saturated heterocycles. The summed E-state index contributed by atoms with van der Waals surface area (Å²) in [4.78, 5) is 27.1. The van der Waals surface area contributed by atoms with Gasteiger partial charge in [0.1, 0.15) is 0 Å². The zero-order chi connectivity index (χ0) is 21.4. The fourth-order valence-electron chi connectivity index (χ4n) is 3.50. The summed E-state index contributed by atoms with van der Waals surface area (Å²) in [5.74, 6) is -0.293.